The maximum absolute atomic E-state index is 12.6. The van der Waals surface area contributed by atoms with Crippen molar-refractivity contribution in [3.05, 3.63) is 59.1 Å². The van der Waals surface area contributed by atoms with Gasteiger partial charge in [-0.2, -0.15) is 4.31 Å². The van der Waals surface area contributed by atoms with E-state index in [2.05, 4.69) is 5.32 Å². The van der Waals surface area contributed by atoms with Crippen LogP contribution in [0.25, 0.3) is 0 Å². The number of carbonyl (C=O) groups is 1. The van der Waals surface area contributed by atoms with E-state index in [0.29, 0.717) is 42.6 Å². The van der Waals surface area contributed by atoms with Crippen LogP contribution in [0.1, 0.15) is 10.4 Å². The zero-order valence-electron chi connectivity index (χ0n) is 14.0. The first-order valence-electron chi connectivity index (χ1n) is 8.17. The molecule has 0 saturated carbocycles. The highest BCUT2D eigenvalue weighted by Gasteiger charge is 2.26. The molecule has 2 aromatic rings. The van der Waals surface area contributed by atoms with Crippen LogP contribution in [0, 0.1) is 0 Å². The average Bonchev–Trinajstić information content (AvgIpc) is 2.67. The van der Waals surface area contributed by atoms with Gasteiger partial charge in [0.1, 0.15) is 0 Å². The molecule has 1 saturated heterocycles. The summed E-state index contributed by atoms with van der Waals surface area (Å²) in [6, 6.07) is 13.1. The lowest BCUT2D eigenvalue weighted by Crippen LogP contribution is -2.40. The summed E-state index contributed by atoms with van der Waals surface area (Å²) in [7, 11) is -3.51. The topological polar surface area (TPSA) is 75.7 Å². The summed E-state index contributed by atoms with van der Waals surface area (Å²) in [6.45, 7) is 1.64. The third kappa shape index (κ3) is 4.42. The first-order chi connectivity index (χ1) is 12.5. The molecule has 138 valence electrons. The standard InChI is InChI=1S/C18H19ClN2O4S/c19-15-3-1-14(2-4-15)18(22)13-20-16-5-7-17(8-6-16)26(23,24)21-9-11-25-12-10-21/h1-8,20H,9-13H2. The summed E-state index contributed by atoms with van der Waals surface area (Å²) >= 11 is 5.81. The van der Waals surface area contributed by atoms with Gasteiger partial charge in [-0.05, 0) is 48.5 Å². The Morgan fingerprint density at radius 2 is 1.65 bits per heavy atom. The second kappa shape index (κ2) is 8.18. The van der Waals surface area contributed by atoms with Gasteiger partial charge < -0.3 is 10.1 Å². The van der Waals surface area contributed by atoms with Crippen LogP contribution in [0.2, 0.25) is 5.02 Å². The van der Waals surface area contributed by atoms with Gasteiger partial charge in [0, 0.05) is 29.4 Å². The van der Waals surface area contributed by atoms with Gasteiger partial charge >= 0.3 is 0 Å². The fourth-order valence-corrected chi connectivity index (χ4v) is 4.13. The molecule has 1 aliphatic rings. The van der Waals surface area contributed by atoms with Gasteiger partial charge in [0.05, 0.1) is 24.7 Å². The molecule has 0 bridgehead atoms. The number of rotatable bonds is 6. The SMILES string of the molecule is O=C(CNc1ccc(S(=O)(=O)N2CCOCC2)cc1)c1ccc(Cl)cc1. The molecule has 26 heavy (non-hydrogen) atoms. The molecule has 1 fully saturated rings. The maximum atomic E-state index is 12.6. The second-order valence-corrected chi connectivity index (χ2v) is 8.20. The summed E-state index contributed by atoms with van der Waals surface area (Å²) < 4.78 is 31.7. The van der Waals surface area contributed by atoms with Crippen molar-refractivity contribution in [1.82, 2.24) is 4.31 Å². The number of carbonyl (C=O) groups excluding carboxylic acids is 1. The molecule has 0 amide bonds. The van der Waals surface area contributed by atoms with Crippen molar-refractivity contribution in [3.8, 4) is 0 Å². The molecule has 1 N–H and O–H groups in total. The Morgan fingerprint density at radius 3 is 2.27 bits per heavy atom. The molecule has 2 aromatic carbocycles. The van der Waals surface area contributed by atoms with Crippen LogP contribution in [0.15, 0.2) is 53.4 Å². The van der Waals surface area contributed by atoms with E-state index in [1.165, 1.54) is 4.31 Å². The Hall–Kier alpha value is -1.93. The number of halogens is 1. The van der Waals surface area contributed by atoms with E-state index in [0.717, 1.165) is 0 Å². The van der Waals surface area contributed by atoms with Gasteiger partial charge in [-0.25, -0.2) is 8.42 Å². The number of Topliss-reactive ketones (excluding diaryl/α,β-unsaturated/α-hetero) is 1. The number of morpholine rings is 1. The van der Waals surface area contributed by atoms with Crippen LogP contribution in [-0.4, -0.2) is 51.4 Å². The molecular formula is C18H19ClN2O4S. The molecular weight excluding hydrogens is 376 g/mol. The van der Waals surface area contributed by atoms with Gasteiger partial charge in [0.25, 0.3) is 0 Å². The number of ketones is 1. The third-order valence-corrected chi connectivity index (χ3v) is 6.25. The van der Waals surface area contributed by atoms with E-state index in [1.807, 2.05) is 0 Å². The lowest BCUT2D eigenvalue weighted by atomic mass is 10.1. The van der Waals surface area contributed by atoms with Crippen molar-refractivity contribution in [2.75, 3.05) is 38.2 Å². The van der Waals surface area contributed by atoms with E-state index in [-0.39, 0.29) is 17.2 Å². The zero-order chi connectivity index (χ0) is 18.6. The third-order valence-electron chi connectivity index (χ3n) is 4.08. The predicted octanol–water partition coefficient (Wildman–Crippen LogP) is 2.66. The molecule has 8 heteroatoms. The first-order valence-corrected chi connectivity index (χ1v) is 9.99. The summed E-state index contributed by atoms with van der Waals surface area (Å²) in [5.74, 6) is -0.0771. The summed E-state index contributed by atoms with van der Waals surface area (Å²) in [4.78, 5) is 12.4. The first kappa shape index (κ1) is 18.8. The van der Waals surface area contributed by atoms with Crippen molar-refractivity contribution in [1.29, 1.82) is 0 Å². The lowest BCUT2D eigenvalue weighted by Gasteiger charge is -2.26. The molecule has 6 nitrogen and oxygen atoms in total. The normalized spacial score (nSPS) is 15.6. The number of nitrogens with one attached hydrogen (secondary N) is 1. The Bertz CT molecular complexity index is 861. The van der Waals surface area contributed by atoms with Crippen LogP contribution in [0.5, 0.6) is 0 Å². The van der Waals surface area contributed by atoms with Crippen molar-refractivity contribution < 1.29 is 17.9 Å². The van der Waals surface area contributed by atoms with Gasteiger partial charge in [-0.1, -0.05) is 11.6 Å². The smallest absolute Gasteiger partial charge is 0.243 e. The predicted molar refractivity (Wildman–Crippen MR) is 100 cm³/mol. The quantitative estimate of drug-likeness (QED) is 0.762. The number of hydrogen-bond acceptors (Lipinski definition) is 5. The Morgan fingerprint density at radius 1 is 1.04 bits per heavy atom. The van der Waals surface area contributed by atoms with Gasteiger partial charge in [-0.15, -0.1) is 0 Å². The van der Waals surface area contributed by atoms with Gasteiger partial charge in [0.2, 0.25) is 10.0 Å². The highest BCUT2D eigenvalue weighted by Crippen LogP contribution is 2.19. The fraction of sp³-hybridized carbons (Fsp3) is 0.278. The second-order valence-electron chi connectivity index (χ2n) is 5.82. The number of hydrogen-bond donors (Lipinski definition) is 1. The molecule has 3 rings (SSSR count). The molecule has 0 aromatic heterocycles. The van der Waals surface area contributed by atoms with Crippen LogP contribution in [0.3, 0.4) is 0 Å². The molecule has 0 atom stereocenters. The fourth-order valence-electron chi connectivity index (χ4n) is 2.60. The van der Waals surface area contributed by atoms with Crippen molar-refractivity contribution in [3.63, 3.8) is 0 Å². The van der Waals surface area contributed by atoms with Crippen molar-refractivity contribution in [2.45, 2.75) is 4.90 Å². The molecule has 1 heterocycles. The highest BCUT2D eigenvalue weighted by molar-refractivity contribution is 7.89. The van der Waals surface area contributed by atoms with Crippen LogP contribution >= 0.6 is 11.6 Å². The number of sulfonamides is 1. The summed E-state index contributed by atoms with van der Waals surface area (Å²) in [5, 5.41) is 3.58. The van der Waals surface area contributed by atoms with E-state index in [4.69, 9.17) is 16.3 Å². The van der Waals surface area contributed by atoms with Gasteiger partial charge in [-0.3, -0.25) is 4.79 Å². The van der Waals surface area contributed by atoms with Crippen LogP contribution in [0.4, 0.5) is 5.69 Å². The average molecular weight is 395 g/mol. The molecule has 0 radical (unpaired) electrons. The number of ether oxygens (including phenoxy) is 1. The molecule has 0 unspecified atom stereocenters. The largest absolute Gasteiger partial charge is 0.379 e. The van der Waals surface area contributed by atoms with Crippen LogP contribution < -0.4 is 5.32 Å². The van der Waals surface area contributed by atoms with Crippen molar-refractivity contribution >= 4 is 33.1 Å². The Kier molecular flexibility index (Phi) is 5.93. The monoisotopic (exact) mass is 394 g/mol. The number of nitrogens with zero attached hydrogens (tertiary/aromatic N) is 1. The Labute approximate surface area is 157 Å². The number of anilines is 1. The van der Waals surface area contributed by atoms with E-state index in [9.17, 15) is 13.2 Å². The van der Waals surface area contributed by atoms with E-state index < -0.39 is 10.0 Å². The van der Waals surface area contributed by atoms with Crippen LogP contribution in [-0.2, 0) is 14.8 Å². The minimum atomic E-state index is -3.51. The molecule has 0 aliphatic carbocycles. The van der Waals surface area contributed by atoms with Crippen molar-refractivity contribution in [2.24, 2.45) is 0 Å². The maximum Gasteiger partial charge on any atom is 0.243 e. The molecule has 0 spiro atoms. The lowest BCUT2D eigenvalue weighted by molar-refractivity contribution is 0.0730. The summed E-state index contributed by atoms with van der Waals surface area (Å²) in [6.07, 6.45) is 0. The summed E-state index contributed by atoms with van der Waals surface area (Å²) in [5.41, 5.74) is 1.24. The zero-order valence-corrected chi connectivity index (χ0v) is 15.6. The highest BCUT2D eigenvalue weighted by atomic mass is 35.5. The minimum absolute atomic E-state index is 0.0771. The number of benzene rings is 2. The minimum Gasteiger partial charge on any atom is -0.379 e. The van der Waals surface area contributed by atoms with Gasteiger partial charge in [0.15, 0.2) is 5.78 Å². The van der Waals surface area contributed by atoms with E-state index in [1.54, 1.807) is 48.5 Å². The Balaban J connectivity index is 1.62. The molecule has 1 aliphatic heterocycles. The van der Waals surface area contributed by atoms with E-state index >= 15 is 0 Å².